The third-order valence-corrected chi connectivity index (χ3v) is 3.38. The summed E-state index contributed by atoms with van der Waals surface area (Å²) in [6, 6.07) is 11.8. The zero-order chi connectivity index (χ0) is 10.7. The predicted octanol–water partition coefficient (Wildman–Crippen LogP) is 3.48. The zero-order valence-electron chi connectivity index (χ0n) is 8.57. The number of ketones is 1. The van der Waals surface area contributed by atoms with Gasteiger partial charge in [0, 0.05) is 6.42 Å². The Bertz CT molecular complexity index is 456. The highest BCUT2D eigenvalue weighted by atomic mass is 32.1. The number of hydrogen-bond acceptors (Lipinski definition) is 2. The van der Waals surface area contributed by atoms with Crippen molar-refractivity contribution in [2.24, 2.45) is 0 Å². The summed E-state index contributed by atoms with van der Waals surface area (Å²) >= 11 is 1.53. The SMILES string of the molecule is Cc1ccsc1C(=O)Cc1ccccc1. The van der Waals surface area contributed by atoms with Crippen molar-refractivity contribution in [3.05, 3.63) is 57.8 Å². The van der Waals surface area contributed by atoms with Crippen LogP contribution in [0.1, 0.15) is 20.8 Å². The lowest BCUT2D eigenvalue weighted by Crippen LogP contribution is -2.02. The first kappa shape index (κ1) is 10.1. The molecule has 1 nitrogen and oxygen atoms in total. The van der Waals surface area contributed by atoms with Gasteiger partial charge in [-0.3, -0.25) is 4.79 Å². The average molecular weight is 216 g/mol. The summed E-state index contributed by atoms with van der Waals surface area (Å²) in [5, 5.41) is 1.97. The first-order chi connectivity index (χ1) is 7.27. The topological polar surface area (TPSA) is 17.1 Å². The third kappa shape index (κ3) is 2.34. The lowest BCUT2D eigenvalue weighted by atomic mass is 10.1. The van der Waals surface area contributed by atoms with E-state index in [4.69, 9.17) is 0 Å². The van der Waals surface area contributed by atoms with Crippen LogP contribution in [0.25, 0.3) is 0 Å². The molecule has 0 saturated heterocycles. The molecule has 2 heteroatoms. The fourth-order valence-corrected chi connectivity index (χ4v) is 2.39. The molecule has 0 aliphatic rings. The molecule has 2 aromatic rings. The second kappa shape index (κ2) is 4.41. The molecule has 76 valence electrons. The van der Waals surface area contributed by atoms with Crippen LogP contribution >= 0.6 is 11.3 Å². The highest BCUT2D eigenvalue weighted by Gasteiger charge is 2.10. The van der Waals surface area contributed by atoms with Gasteiger partial charge in [0.1, 0.15) is 0 Å². The fourth-order valence-electron chi connectivity index (χ4n) is 1.52. The van der Waals surface area contributed by atoms with Crippen LogP contribution in [0.4, 0.5) is 0 Å². The number of hydrogen-bond donors (Lipinski definition) is 0. The molecule has 0 aliphatic carbocycles. The highest BCUT2D eigenvalue weighted by Crippen LogP contribution is 2.18. The molecule has 0 N–H and O–H groups in total. The molecule has 2 rings (SSSR count). The van der Waals surface area contributed by atoms with Gasteiger partial charge in [-0.15, -0.1) is 11.3 Å². The van der Waals surface area contributed by atoms with Crippen LogP contribution in [0.15, 0.2) is 41.8 Å². The number of carbonyl (C=O) groups excluding carboxylic acids is 1. The Balaban J connectivity index is 2.15. The second-order valence-electron chi connectivity index (χ2n) is 3.52. The van der Waals surface area contributed by atoms with E-state index in [0.717, 1.165) is 16.0 Å². The van der Waals surface area contributed by atoms with Gasteiger partial charge < -0.3 is 0 Å². The van der Waals surface area contributed by atoms with Crippen LogP contribution in [0.3, 0.4) is 0 Å². The van der Waals surface area contributed by atoms with Gasteiger partial charge in [-0.05, 0) is 29.5 Å². The minimum absolute atomic E-state index is 0.216. The molecular weight excluding hydrogens is 204 g/mol. The number of benzene rings is 1. The molecule has 0 unspecified atom stereocenters. The Morgan fingerprint density at radius 1 is 1.20 bits per heavy atom. The first-order valence-corrected chi connectivity index (χ1v) is 5.76. The maximum Gasteiger partial charge on any atom is 0.177 e. The third-order valence-electron chi connectivity index (χ3n) is 2.32. The molecule has 0 atom stereocenters. The van der Waals surface area contributed by atoms with E-state index in [1.807, 2.05) is 48.7 Å². The minimum Gasteiger partial charge on any atom is -0.293 e. The molecule has 0 radical (unpaired) electrons. The van der Waals surface area contributed by atoms with Crippen molar-refractivity contribution in [3.8, 4) is 0 Å². The van der Waals surface area contributed by atoms with Crippen molar-refractivity contribution < 1.29 is 4.79 Å². The number of Topliss-reactive ketones (excluding diaryl/α,β-unsaturated/α-hetero) is 1. The molecule has 0 aliphatic heterocycles. The van der Waals surface area contributed by atoms with Crippen LogP contribution in [0.5, 0.6) is 0 Å². The van der Waals surface area contributed by atoms with E-state index in [-0.39, 0.29) is 5.78 Å². The maximum atomic E-state index is 11.9. The van der Waals surface area contributed by atoms with E-state index < -0.39 is 0 Å². The van der Waals surface area contributed by atoms with Gasteiger partial charge in [0.2, 0.25) is 0 Å². The lowest BCUT2D eigenvalue weighted by Gasteiger charge is -1.99. The smallest absolute Gasteiger partial charge is 0.177 e. The zero-order valence-corrected chi connectivity index (χ0v) is 9.38. The van der Waals surface area contributed by atoms with E-state index in [0.29, 0.717) is 6.42 Å². The summed E-state index contributed by atoms with van der Waals surface area (Å²) in [5.41, 5.74) is 2.16. The Morgan fingerprint density at radius 3 is 2.53 bits per heavy atom. The molecule has 0 saturated carbocycles. The first-order valence-electron chi connectivity index (χ1n) is 4.88. The lowest BCUT2D eigenvalue weighted by molar-refractivity contribution is 0.0996. The molecule has 1 heterocycles. The molecule has 1 aromatic heterocycles. The van der Waals surface area contributed by atoms with Gasteiger partial charge >= 0.3 is 0 Å². The van der Waals surface area contributed by atoms with E-state index in [1.165, 1.54) is 11.3 Å². The molecule has 0 fully saturated rings. The van der Waals surface area contributed by atoms with Crippen molar-refractivity contribution in [1.82, 2.24) is 0 Å². The molecule has 0 bridgehead atoms. The molecule has 1 aromatic carbocycles. The Labute approximate surface area is 93.4 Å². The van der Waals surface area contributed by atoms with Crippen LogP contribution in [0.2, 0.25) is 0 Å². The fraction of sp³-hybridized carbons (Fsp3) is 0.154. The number of aryl methyl sites for hydroxylation is 1. The monoisotopic (exact) mass is 216 g/mol. The van der Waals surface area contributed by atoms with Crippen molar-refractivity contribution in [2.45, 2.75) is 13.3 Å². The van der Waals surface area contributed by atoms with E-state index in [1.54, 1.807) is 0 Å². The highest BCUT2D eigenvalue weighted by molar-refractivity contribution is 7.12. The Kier molecular flexibility index (Phi) is 2.97. The Morgan fingerprint density at radius 2 is 1.93 bits per heavy atom. The van der Waals surface area contributed by atoms with Gasteiger partial charge in [0.15, 0.2) is 5.78 Å². The number of carbonyl (C=O) groups is 1. The van der Waals surface area contributed by atoms with Crippen molar-refractivity contribution in [3.63, 3.8) is 0 Å². The van der Waals surface area contributed by atoms with Crippen molar-refractivity contribution >= 4 is 17.1 Å². The number of thiophene rings is 1. The normalized spacial score (nSPS) is 10.2. The predicted molar refractivity (Wildman–Crippen MR) is 63.5 cm³/mol. The van der Waals surface area contributed by atoms with Crippen LogP contribution in [-0.4, -0.2) is 5.78 Å². The largest absolute Gasteiger partial charge is 0.293 e. The summed E-state index contributed by atoms with van der Waals surface area (Å²) in [6.45, 7) is 1.98. The van der Waals surface area contributed by atoms with Gasteiger partial charge in [-0.25, -0.2) is 0 Å². The van der Waals surface area contributed by atoms with Gasteiger partial charge in [-0.1, -0.05) is 30.3 Å². The van der Waals surface area contributed by atoms with E-state index >= 15 is 0 Å². The summed E-state index contributed by atoms with van der Waals surface area (Å²) in [7, 11) is 0. The summed E-state index contributed by atoms with van der Waals surface area (Å²) < 4.78 is 0. The standard InChI is InChI=1S/C13H12OS/c1-10-7-8-15-13(10)12(14)9-11-5-3-2-4-6-11/h2-8H,9H2,1H3. The van der Waals surface area contributed by atoms with Gasteiger partial charge in [0.05, 0.1) is 4.88 Å². The quantitative estimate of drug-likeness (QED) is 0.718. The number of rotatable bonds is 3. The van der Waals surface area contributed by atoms with Gasteiger partial charge in [0.25, 0.3) is 0 Å². The minimum atomic E-state index is 0.216. The van der Waals surface area contributed by atoms with Crippen molar-refractivity contribution in [1.29, 1.82) is 0 Å². The average Bonchev–Trinajstić information content (AvgIpc) is 2.66. The molecule has 15 heavy (non-hydrogen) atoms. The molecule has 0 amide bonds. The maximum absolute atomic E-state index is 11.9. The van der Waals surface area contributed by atoms with E-state index in [2.05, 4.69) is 0 Å². The Hall–Kier alpha value is -1.41. The van der Waals surface area contributed by atoms with Gasteiger partial charge in [-0.2, -0.15) is 0 Å². The van der Waals surface area contributed by atoms with Crippen LogP contribution in [0, 0.1) is 6.92 Å². The summed E-state index contributed by atoms with van der Waals surface area (Å²) in [6.07, 6.45) is 0.502. The van der Waals surface area contributed by atoms with E-state index in [9.17, 15) is 4.79 Å². The molecular formula is C13H12OS. The van der Waals surface area contributed by atoms with Crippen LogP contribution in [-0.2, 0) is 6.42 Å². The van der Waals surface area contributed by atoms with Crippen molar-refractivity contribution in [2.75, 3.05) is 0 Å². The molecule has 0 spiro atoms. The second-order valence-corrected chi connectivity index (χ2v) is 4.43. The summed E-state index contributed by atoms with van der Waals surface area (Å²) in [4.78, 5) is 12.8. The van der Waals surface area contributed by atoms with Crippen LogP contribution < -0.4 is 0 Å². The summed E-state index contributed by atoms with van der Waals surface area (Å²) in [5.74, 6) is 0.216.